The van der Waals surface area contributed by atoms with Crippen LogP contribution in [0.1, 0.15) is 12.8 Å². The number of sulfone groups is 1. The van der Waals surface area contributed by atoms with Crippen molar-refractivity contribution < 1.29 is 21.9 Å². The lowest BCUT2D eigenvalue weighted by atomic mass is 10.2. The third-order valence-electron chi connectivity index (χ3n) is 2.60. The van der Waals surface area contributed by atoms with Gasteiger partial charge in [-0.3, -0.25) is 0 Å². The summed E-state index contributed by atoms with van der Waals surface area (Å²) in [4.78, 5) is 0. The molecule has 0 saturated carbocycles. The van der Waals surface area contributed by atoms with E-state index >= 15 is 0 Å². The highest BCUT2D eigenvalue weighted by atomic mass is 32.2. The summed E-state index contributed by atoms with van der Waals surface area (Å²) in [7, 11) is -6.84. The Morgan fingerprint density at radius 1 is 1.25 bits per heavy atom. The molecule has 6 nitrogen and oxygen atoms in total. The van der Waals surface area contributed by atoms with Gasteiger partial charge in [0.05, 0.1) is 18.1 Å². The van der Waals surface area contributed by atoms with E-state index < -0.39 is 25.6 Å². The molecule has 0 aromatic carbocycles. The summed E-state index contributed by atoms with van der Waals surface area (Å²) in [5.41, 5.74) is 0. The van der Waals surface area contributed by atoms with E-state index in [1.54, 1.807) is 0 Å². The van der Waals surface area contributed by atoms with Crippen molar-refractivity contribution in [3.63, 3.8) is 0 Å². The van der Waals surface area contributed by atoms with E-state index in [1.807, 2.05) is 0 Å². The number of sulfonamides is 1. The molecule has 1 rings (SSSR count). The van der Waals surface area contributed by atoms with Crippen molar-refractivity contribution in [1.82, 2.24) is 4.31 Å². The fraction of sp³-hybridized carbons (Fsp3) is 1.00. The number of rotatable bonds is 5. The van der Waals surface area contributed by atoms with Crippen molar-refractivity contribution >= 4 is 19.9 Å². The highest BCUT2D eigenvalue weighted by molar-refractivity contribution is 7.93. The van der Waals surface area contributed by atoms with Gasteiger partial charge in [0.25, 0.3) is 0 Å². The molecule has 1 N–H and O–H groups in total. The topological polar surface area (TPSA) is 91.8 Å². The number of nitrogens with zero attached hydrogens (tertiary/aromatic N) is 1. The highest BCUT2D eigenvalue weighted by Gasteiger charge is 2.33. The molecule has 8 heteroatoms. The normalized spacial score (nSPS) is 23.8. The Hall–Kier alpha value is -0.180. The quantitative estimate of drug-likeness (QED) is 0.679. The molecule has 1 aliphatic rings. The lowest BCUT2D eigenvalue weighted by Crippen LogP contribution is -2.40. The van der Waals surface area contributed by atoms with Gasteiger partial charge in [-0.15, -0.1) is 0 Å². The first kappa shape index (κ1) is 13.9. The van der Waals surface area contributed by atoms with Crippen LogP contribution in [0.4, 0.5) is 0 Å². The van der Waals surface area contributed by atoms with E-state index in [1.165, 1.54) is 4.31 Å². The van der Waals surface area contributed by atoms with Gasteiger partial charge in [-0.05, 0) is 12.8 Å². The predicted molar refractivity (Wildman–Crippen MR) is 60.3 cm³/mol. The molecular weight excluding hydrogens is 254 g/mol. The first-order valence-electron chi connectivity index (χ1n) is 5.04. The summed E-state index contributed by atoms with van der Waals surface area (Å²) in [5, 5.41) is 9.00. The van der Waals surface area contributed by atoms with Crippen LogP contribution in [-0.4, -0.2) is 63.2 Å². The number of hydrogen-bond donors (Lipinski definition) is 1. The minimum absolute atomic E-state index is 0.210. The summed E-state index contributed by atoms with van der Waals surface area (Å²) in [6.45, 7) is 0.162. The molecule has 1 atom stereocenters. The zero-order valence-corrected chi connectivity index (χ0v) is 10.8. The second-order valence-electron chi connectivity index (χ2n) is 4.04. The molecule has 0 spiro atoms. The van der Waals surface area contributed by atoms with Crippen LogP contribution < -0.4 is 0 Å². The van der Waals surface area contributed by atoms with E-state index in [0.717, 1.165) is 6.26 Å². The van der Waals surface area contributed by atoms with E-state index in [9.17, 15) is 16.8 Å². The molecule has 0 bridgehead atoms. The molecule has 16 heavy (non-hydrogen) atoms. The summed E-state index contributed by atoms with van der Waals surface area (Å²) >= 11 is 0. The van der Waals surface area contributed by atoms with E-state index in [-0.39, 0.29) is 18.4 Å². The van der Waals surface area contributed by atoms with Gasteiger partial charge in [0, 0.05) is 18.8 Å². The monoisotopic (exact) mass is 271 g/mol. The Bertz CT molecular complexity index is 427. The van der Waals surface area contributed by atoms with Crippen LogP contribution in [0.5, 0.6) is 0 Å². The Morgan fingerprint density at radius 2 is 1.88 bits per heavy atom. The maximum atomic E-state index is 11.8. The summed E-state index contributed by atoms with van der Waals surface area (Å²) in [6, 6.07) is -0.385. The molecule has 0 aromatic rings. The maximum Gasteiger partial charge on any atom is 0.215 e. The van der Waals surface area contributed by atoms with Gasteiger partial charge in [-0.2, -0.15) is 4.31 Å². The van der Waals surface area contributed by atoms with Gasteiger partial charge in [0.1, 0.15) is 9.84 Å². The second kappa shape index (κ2) is 4.99. The largest absolute Gasteiger partial charge is 0.395 e. The number of aliphatic hydroxyl groups excluding tert-OH is 1. The Labute approximate surface area is 96.2 Å². The van der Waals surface area contributed by atoms with Crippen molar-refractivity contribution in [2.75, 3.05) is 30.9 Å². The van der Waals surface area contributed by atoms with E-state index in [2.05, 4.69) is 0 Å². The summed E-state index contributed by atoms with van der Waals surface area (Å²) in [6.07, 6.45) is 2.36. The number of aliphatic hydroxyl groups is 1. The molecule has 0 aromatic heterocycles. The molecule has 1 aliphatic heterocycles. The van der Waals surface area contributed by atoms with Crippen molar-refractivity contribution in [3.05, 3.63) is 0 Å². The minimum atomic E-state index is -3.56. The standard InChI is InChI=1S/C8H17NO5S2/c1-15(11,12)5-6-16(13,14)9-4-2-3-8(9)7-10/h8,10H,2-7H2,1H3. The first-order chi connectivity index (χ1) is 7.26. The van der Waals surface area contributed by atoms with Crippen molar-refractivity contribution in [3.8, 4) is 0 Å². The molecule has 0 radical (unpaired) electrons. The van der Waals surface area contributed by atoms with Gasteiger partial charge in [0.15, 0.2) is 0 Å². The lowest BCUT2D eigenvalue weighted by Gasteiger charge is -2.22. The Balaban J connectivity index is 2.70. The molecular formula is C8H17NO5S2. The van der Waals surface area contributed by atoms with Gasteiger partial charge in [-0.25, -0.2) is 16.8 Å². The Morgan fingerprint density at radius 3 is 2.38 bits per heavy atom. The van der Waals surface area contributed by atoms with Crippen molar-refractivity contribution in [2.45, 2.75) is 18.9 Å². The van der Waals surface area contributed by atoms with E-state index in [0.29, 0.717) is 19.4 Å². The van der Waals surface area contributed by atoms with Crippen LogP contribution in [0, 0.1) is 0 Å². The molecule has 0 amide bonds. The molecule has 96 valence electrons. The zero-order chi connectivity index (χ0) is 12.4. The van der Waals surface area contributed by atoms with Crippen LogP contribution >= 0.6 is 0 Å². The maximum absolute atomic E-state index is 11.8. The van der Waals surface area contributed by atoms with Crippen LogP contribution in [-0.2, 0) is 19.9 Å². The number of hydrogen-bond acceptors (Lipinski definition) is 5. The molecule has 1 heterocycles. The highest BCUT2D eigenvalue weighted by Crippen LogP contribution is 2.20. The summed E-state index contributed by atoms with van der Waals surface area (Å²) < 4.78 is 46.6. The molecule has 1 fully saturated rings. The van der Waals surface area contributed by atoms with Crippen molar-refractivity contribution in [1.29, 1.82) is 0 Å². The van der Waals surface area contributed by atoms with Crippen LogP contribution in [0.3, 0.4) is 0 Å². The average molecular weight is 271 g/mol. The Kier molecular flexibility index (Phi) is 4.33. The molecule has 1 saturated heterocycles. The fourth-order valence-electron chi connectivity index (χ4n) is 1.73. The molecule has 0 aliphatic carbocycles. The van der Waals surface area contributed by atoms with Gasteiger partial charge >= 0.3 is 0 Å². The SMILES string of the molecule is CS(=O)(=O)CCS(=O)(=O)N1CCCC1CO. The van der Waals surface area contributed by atoms with E-state index in [4.69, 9.17) is 5.11 Å². The first-order valence-corrected chi connectivity index (χ1v) is 8.71. The fourth-order valence-corrected chi connectivity index (χ4v) is 5.05. The van der Waals surface area contributed by atoms with Crippen LogP contribution in [0.25, 0.3) is 0 Å². The van der Waals surface area contributed by atoms with Crippen molar-refractivity contribution in [2.24, 2.45) is 0 Å². The predicted octanol–water partition coefficient (Wildman–Crippen LogP) is -1.18. The van der Waals surface area contributed by atoms with Gasteiger partial charge < -0.3 is 5.11 Å². The average Bonchev–Trinajstić information content (AvgIpc) is 2.62. The molecule has 1 unspecified atom stereocenters. The lowest BCUT2D eigenvalue weighted by molar-refractivity contribution is 0.213. The third-order valence-corrected chi connectivity index (χ3v) is 5.72. The minimum Gasteiger partial charge on any atom is -0.395 e. The third kappa shape index (κ3) is 3.69. The van der Waals surface area contributed by atoms with Gasteiger partial charge in [0.2, 0.25) is 10.0 Å². The second-order valence-corrected chi connectivity index (χ2v) is 8.34. The summed E-state index contributed by atoms with van der Waals surface area (Å²) in [5.74, 6) is -0.772. The van der Waals surface area contributed by atoms with Crippen LogP contribution in [0.15, 0.2) is 0 Å². The smallest absolute Gasteiger partial charge is 0.215 e. The zero-order valence-electron chi connectivity index (χ0n) is 9.16. The van der Waals surface area contributed by atoms with Crippen LogP contribution in [0.2, 0.25) is 0 Å². The van der Waals surface area contributed by atoms with Gasteiger partial charge in [-0.1, -0.05) is 0 Å².